The minimum Gasteiger partial charge on any atom is -0.391 e. The van der Waals surface area contributed by atoms with Crippen molar-refractivity contribution in [2.45, 2.75) is 18.9 Å². The van der Waals surface area contributed by atoms with Gasteiger partial charge in [0.1, 0.15) is 0 Å². The van der Waals surface area contributed by atoms with Crippen LogP contribution in [0.25, 0.3) is 0 Å². The largest absolute Gasteiger partial charge is 0.391 e. The third kappa shape index (κ3) is 5.46. The summed E-state index contributed by atoms with van der Waals surface area (Å²) in [6.07, 6.45) is 0.171. The predicted octanol–water partition coefficient (Wildman–Crippen LogP) is -0.568. The molecule has 1 aromatic carbocycles. The average molecular weight is 305 g/mol. The van der Waals surface area contributed by atoms with Gasteiger partial charge in [0.25, 0.3) is 0 Å². The molecule has 2 rings (SSSR count). The van der Waals surface area contributed by atoms with Gasteiger partial charge in [-0.3, -0.25) is 9.59 Å². The van der Waals surface area contributed by atoms with E-state index in [1.165, 1.54) is 0 Å². The normalized spacial score (nSPS) is 20.6. The van der Waals surface area contributed by atoms with Crippen LogP contribution in [0.3, 0.4) is 0 Å². The SMILES string of the molecule is O=C(CCNC(=O)Cc1ccccc1)NCC1CNCC1O. The fourth-order valence-electron chi connectivity index (χ4n) is 2.42. The molecule has 22 heavy (non-hydrogen) atoms. The molecule has 0 spiro atoms. The van der Waals surface area contributed by atoms with E-state index in [1.807, 2.05) is 30.3 Å². The number of amides is 2. The van der Waals surface area contributed by atoms with Crippen LogP contribution < -0.4 is 16.0 Å². The van der Waals surface area contributed by atoms with Crippen LogP contribution >= 0.6 is 0 Å². The number of β-amino-alcohol motifs (C(OH)–C–C–N with tert-alkyl or cyclic N) is 1. The topological polar surface area (TPSA) is 90.5 Å². The standard InChI is InChI=1S/C16H23N3O3/c20-14-11-17-9-13(14)10-19-15(21)6-7-18-16(22)8-12-4-2-1-3-5-12/h1-5,13-14,17,20H,6-11H2,(H,18,22)(H,19,21). The van der Waals surface area contributed by atoms with Crippen molar-refractivity contribution in [1.29, 1.82) is 0 Å². The molecule has 1 fully saturated rings. The molecular formula is C16H23N3O3. The molecule has 0 aromatic heterocycles. The number of benzene rings is 1. The highest BCUT2D eigenvalue weighted by atomic mass is 16.3. The van der Waals surface area contributed by atoms with Crippen molar-refractivity contribution in [3.63, 3.8) is 0 Å². The zero-order chi connectivity index (χ0) is 15.8. The van der Waals surface area contributed by atoms with E-state index >= 15 is 0 Å². The molecule has 4 N–H and O–H groups in total. The highest BCUT2D eigenvalue weighted by Crippen LogP contribution is 2.06. The molecule has 1 aromatic rings. The van der Waals surface area contributed by atoms with Crippen LogP contribution in [0.1, 0.15) is 12.0 Å². The highest BCUT2D eigenvalue weighted by molar-refractivity contribution is 5.80. The van der Waals surface area contributed by atoms with E-state index in [0.717, 1.165) is 12.1 Å². The molecular weight excluding hydrogens is 282 g/mol. The Hall–Kier alpha value is -1.92. The number of aliphatic hydroxyl groups is 1. The lowest BCUT2D eigenvalue weighted by Gasteiger charge is -2.14. The van der Waals surface area contributed by atoms with Crippen molar-refractivity contribution in [3.8, 4) is 0 Å². The smallest absolute Gasteiger partial charge is 0.224 e. The molecule has 0 saturated carbocycles. The van der Waals surface area contributed by atoms with Crippen molar-refractivity contribution in [3.05, 3.63) is 35.9 Å². The van der Waals surface area contributed by atoms with Gasteiger partial charge in [-0.15, -0.1) is 0 Å². The number of aliphatic hydroxyl groups excluding tert-OH is 1. The van der Waals surface area contributed by atoms with E-state index < -0.39 is 6.10 Å². The number of rotatable bonds is 7. The van der Waals surface area contributed by atoms with Gasteiger partial charge in [0.15, 0.2) is 0 Å². The van der Waals surface area contributed by atoms with Crippen molar-refractivity contribution in [1.82, 2.24) is 16.0 Å². The summed E-state index contributed by atoms with van der Waals surface area (Å²) in [5.74, 6) is -0.134. The molecule has 6 nitrogen and oxygen atoms in total. The molecule has 1 aliphatic rings. The zero-order valence-electron chi connectivity index (χ0n) is 12.5. The van der Waals surface area contributed by atoms with E-state index in [9.17, 15) is 14.7 Å². The summed E-state index contributed by atoms with van der Waals surface area (Å²) < 4.78 is 0. The molecule has 6 heteroatoms. The second-order valence-electron chi connectivity index (χ2n) is 5.55. The molecule has 2 amide bonds. The van der Waals surface area contributed by atoms with Crippen molar-refractivity contribution < 1.29 is 14.7 Å². The van der Waals surface area contributed by atoms with Gasteiger partial charge in [-0.2, -0.15) is 0 Å². The summed E-state index contributed by atoms with van der Waals surface area (Å²) in [4.78, 5) is 23.4. The predicted molar refractivity (Wildman–Crippen MR) is 83.1 cm³/mol. The van der Waals surface area contributed by atoms with E-state index in [1.54, 1.807) is 0 Å². The Kier molecular flexibility index (Phi) is 6.36. The van der Waals surface area contributed by atoms with E-state index in [2.05, 4.69) is 16.0 Å². The molecule has 2 unspecified atom stereocenters. The van der Waals surface area contributed by atoms with E-state index in [4.69, 9.17) is 0 Å². The number of hydrogen-bond acceptors (Lipinski definition) is 4. The Bertz CT molecular complexity index is 493. The third-order valence-corrected chi connectivity index (χ3v) is 3.75. The van der Waals surface area contributed by atoms with Gasteiger partial charge in [0.05, 0.1) is 12.5 Å². The van der Waals surface area contributed by atoms with Crippen LogP contribution in [0.2, 0.25) is 0 Å². The Morgan fingerprint density at radius 1 is 1.14 bits per heavy atom. The van der Waals surface area contributed by atoms with Crippen LogP contribution in [0.5, 0.6) is 0 Å². The first kappa shape index (κ1) is 16.5. The second kappa shape index (κ2) is 8.51. The number of carbonyl (C=O) groups is 2. The molecule has 0 bridgehead atoms. The Morgan fingerprint density at radius 3 is 2.59 bits per heavy atom. The van der Waals surface area contributed by atoms with Crippen molar-refractivity contribution in [2.24, 2.45) is 5.92 Å². The molecule has 120 valence electrons. The van der Waals surface area contributed by atoms with Gasteiger partial charge in [0, 0.05) is 38.5 Å². The number of nitrogens with one attached hydrogen (secondary N) is 3. The van der Waals surface area contributed by atoms with Gasteiger partial charge in [0.2, 0.25) is 11.8 Å². The average Bonchev–Trinajstić information content (AvgIpc) is 2.91. The van der Waals surface area contributed by atoms with Crippen LogP contribution in [0.4, 0.5) is 0 Å². The quantitative estimate of drug-likeness (QED) is 0.543. The minimum absolute atomic E-state index is 0.0663. The molecule has 1 aliphatic heterocycles. The Morgan fingerprint density at radius 2 is 1.91 bits per heavy atom. The van der Waals surface area contributed by atoms with E-state index in [-0.39, 0.29) is 24.2 Å². The minimum atomic E-state index is -0.397. The van der Waals surface area contributed by atoms with Crippen LogP contribution in [0.15, 0.2) is 30.3 Å². The second-order valence-corrected chi connectivity index (χ2v) is 5.55. The summed E-state index contributed by atoms with van der Waals surface area (Å²) in [5, 5.41) is 18.2. The maximum Gasteiger partial charge on any atom is 0.224 e. The van der Waals surface area contributed by atoms with E-state index in [0.29, 0.717) is 26.1 Å². The van der Waals surface area contributed by atoms with Gasteiger partial charge in [-0.1, -0.05) is 30.3 Å². The van der Waals surface area contributed by atoms with Crippen LogP contribution in [-0.2, 0) is 16.0 Å². The van der Waals surface area contributed by atoms with Crippen LogP contribution in [0, 0.1) is 5.92 Å². The molecule has 2 atom stereocenters. The summed E-state index contributed by atoms with van der Waals surface area (Å²) in [6, 6.07) is 9.48. The maximum absolute atomic E-state index is 11.7. The third-order valence-electron chi connectivity index (χ3n) is 3.75. The summed E-state index contributed by atoms with van der Waals surface area (Å²) in [5.41, 5.74) is 0.951. The highest BCUT2D eigenvalue weighted by Gasteiger charge is 2.24. The fraction of sp³-hybridized carbons (Fsp3) is 0.500. The molecule has 0 radical (unpaired) electrons. The first-order valence-corrected chi connectivity index (χ1v) is 7.61. The van der Waals surface area contributed by atoms with Gasteiger partial charge >= 0.3 is 0 Å². The first-order chi connectivity index (χ1) is 10.6. The van der Waals surface area contributed by atoms with Crippen molar-refractivity contribution >= 4 is 11.8 Å². The lowest BCUT2D eigenvalue weighted by Crippen LogP contribution is -2.36. The Labute approximate surface area is 130 Å². The lowest BCUT2D eigenvalue weighted by atomic mass is 10.1. The van der Waals surface area contributed by atoms with Crippen LogP contribution in [-0.4, -0.2) is 49.2 Å². The summed E-state index contributed by atoms with van der Waals surface area (Å²) in [7, 11) is 0. The monoisotopic (exact) mass is 305 g/mol. The van der Waals surface area contributed by atoms with Crippen molar-refractivity contribution in [2.75, 3.05) is 26.2 Å². The molecule has 1 heterocycles. The van der Waals surface area contributed by atoms with Gasteiger partial charge in [-0.05, 0) is 5.56 Å². The number of carbonyl (C=O) groups excluding carboxylic acids is 2. The summed E-state index contributed by atoms with van der Waals surface area (Å²) >= 11 is 0. The maximum atomic E-state index is 11.7. The molecule has 0 aliphatic carbocycles. The fourth-order valence-corrected chi connectivity index (χ4v) is 2.42. The summed E-state index contributed by atoms with van der Waals surface area (Å²) in [6.45, 7) is 2.08. The lowest BCUT2D eigenvalue weighted by molar-refractivity contribution is -0.122. The van der Waals surface area contributed by atoms with Gasteiger partial charge in [-0.25, -0.2) is 0 Å². The number of hydrogen-bond donors (Lipinski definition) is 4. The Balaban J connectivity index is 1.57. The molecule has 1 saturated heterocycles. The first-order valence-electron chi connectivity index (χ1n) is 7.61. The zero-order valence-corrected chi connectivity index (χ0v) is 12.5. The van der Waals surface area contributed by atoms with Gasteiger partial charge < -0.3 is 21.1 Å².